The molecule has 0 saturated carbocycles. The lowest BCUT2D eigenvalue weighted by atomic mass is 9.99. The van der Waals surface area contributed by atoms with Crippen LogP contribution in [0.15, 0.2) is 10.6 Å². The lowest BCUT2D eigenvalue weighted by Crippen LogP contribution is -2.12. The van der Waals surface area contributed by atoms with Gasteiger partial charge in [0.25, 0.3) is 0 Å². The Morgan fingerprint density at radius 3 is 3.00 bits per heavy atom. The van der Waals surface area contributed by atoms with Crippen LogP contribution in [0.2, 0.25) is 0 Å². The third-order valence-electron chi connectivity index (χ3n) is 3.03. The molecule has 1 saturated heterocycles. The maximum absolute atomic E-state index is 5.71. The molecule has 3 nitrogen and oxygen atoms in total. The second-order valence-corrected chi connectivity index (χ2v) is 5.60. The van der Waals surface area contributed by atoms with Crippen molar-refractivity contribution in [2.24, 2.45) is 11.7 Å². The van der Waals surface area contributed by atoms with E-state index in [2.05, 4.69) is 16.7 Å². The van der Waals surface area contributed by atoms with Gasteiger partial charge in [0.2, 0.25) is 0 Å². The second-order valence-electron chi connectivity index (χ2n) is 4.37. The number of thioether (sulfide) groups is 1. The number of oxazole rings is 1. The molecule has 0 radical (unpaired) electrons. The highest BCUT2D eigenvalue weighted by molar-refractivity contribution is 7.99. The van der Waals surface area contributed by atoms with E-state index in [1.165, 1.54) is 24.3 Å². The molecular weight excluding hydrogens is 220 g/mol. The molecule has 1 aliphatic heterocycles. The van der Waals surface area contributed by atoms with Crippen molar-refractivity contribution in [3.63, 3.8) is 0 Å². The molecule has 0 aromatic carbocycles. The molecule has 0 atom stereocenters. The normalized spacial score (nSPS) is 17.8. The van der Waals surface area contributed by atoms with Crippen molar-refractivity contribution in [2.45, 2.75) is 32.1 Å². The van der Waals surface area contributed by atoms with Crippen LogP contribution in [-0.4, -0.2) is 23.0 Å². The smallest absolute Gasteiger partial charge is 0.194 e. The molecule has 2 heterocycles. The van der Waals surface area contributed by atoms with E-state index >= 15 is 0 Å². The monoisotopic (exact) mass is 240 g/mol. The van der Waals surface area contributed by atoms with E-state index in [1.807, 2.05) is 6.20 Å². The Labute approximate surface area is 101 Å². The lowest BCUT2D eigenvalue weighted by molar-refractivity contribution is 0.391. The first-order valence-electron chi connectivity index (χ1n) is 6.10. The Kier molecular flexibility index (Phi) is 4.72. The molecule has 2 rings (SSSR count). The summed E-state index contributed by atoms with van der Waals surface area (Å²) in [5.41, 5.74) is 5.47. The summed E-state index contributed by atoms with van der Waals surface area (Å²) in [4.78, 5) is 4.35. The van der Waals surface area contributed by atoms with Gasteiger partial charge < -0.3 is 10.2 Å². The zero-order chi connectivity index (χ0) is 11.2. The molecule has 1 aromatic heterocycles. The number of rotatable bonds is 5. The van der Waals surface area contributed by atoms with Crippen molar-refractivity contribution in [1.82, 2.24) is 4.98 Å². The van der Waals surface area contributed by atoms with Crippen LogP contribution in [0.3, 0.4) is 0 Å². The summed E-state index contributed by atoms with van der Waals surface area (Å²) in [6.07, 6.45) is 7.40. The quantitative estimate of drug-likeness (QED) is 0.857. The molecular formula is C12H20N2OS. The molecule has 1 aliphatic rings. The van der Waals surface area contributed by atoms with Crippen LogP contribution in [-0.2, 0) is 12.8 Å². The van der Waals surface area contributed by atoms with Gasteiger partial charge in [-0.1, -0.05) is 0 Å². The highest BCUT2D eigenvalue weighted by Crippen LogP contribution is 2.25. The Balaban J connectivity index is 1.81. The topological polar surface area (TPSA) is 52.0 Å². The lowest BCUT2D eigenvalue weighted by Gasteiger charge is -2.19. The second kappa shape index (κ2) is 6.30. The average molecular weight is 240 g/mol. The Bertz CT molecular complexity index is 308. The fraction of sp³-hybridized carbons (Fsp3) is 0.750. The van der Waals surface area contributed by atoms with Gasteiger partial charge in [-0.3, -0.25) is 0 Å². The van der Waals surface area contributed by atoms with Crippen molar-refractivity contribution in [3.8, 4) is 0 Å². The summed E-state index contributed by atoms with van der Waals surface area (Å²) in [5.74, 6) is 5.29. The molecule has 0 bridgehead atoms. The zero-order valence-electron chi connectivity index (χ0n) is 9.65. The van der Waals surface area contributed by atoms with Crippen molar-refractivity contribution in [3.05, 3.63) is 17.8 Å². The number of hydrogen-bond donors (Lipinski definition) is 1. The molecule has 1 fully saturated rings. The van der Waals surface area contributed by atoms with Crippen molar-refractivity contribution in [1.29, 1.82) is 0 Å². The van der Waals surface area contributed by atoms with Gasteiger partial charge in [-0.05, 0) is 43.2 Å². The van der Waals surface area contributed by atoms with E-state index in [1.54, 1.807) is 0 Å². The minimum Gasteiger partial charge on any atom is -0.446 e. The fourth-order valence-electron chi connectivity index (χ4n) is 2.03. The molecule has 16 heavy (non-hydrogen) atoms. The number of hydrogen-bond acceptors (Lipinski definition) is 4. The predicted octanol–water partition coefficient (Wildman–Crippen LogP) is 2.25. The average Bonchev–Trinajstić information content (AvgIpc) is 2.75. The number of nitrogens with two attached hydrogens (primary N) is 1. The van der Waals surface area contributed by atoms with Crippen molar-refractivity contribution >= 4 is 11.8 Å². The first-order chi connectivity index (χ1) is 7.88. The maximum Gasteiger partial charge on any atom is 0.194 e. The molecule has 4 heteroatoms. The molecule has 0 spiro atoms. The standard InChI is InChI=1S/C12H20N2OS/c13-5-1-2-11-9-14-12(15-11)8-10-3-6-16-7-4-10/h9-10H,1-8,13H2. The molecule has 1 aromatic rings. The van der Waals surface area contributed by atoms with Gasteiger partial charge in [-0.2, -0.15) is 11.8 Å². The summed E-state index contributed by atoms with van der Waals surface area (Å²) in [5, 5.41) is 0. The van der Waals surface area contributed by atoms with Gasteiger partial charge in [0.15, 0.2) is 5.89 Å². The summed E-state index contributed by atoms with van der Waals surface area (Å²) < 4.78 is 5.71. The van der Waals surface area contributed by atoms with Gasteiger partial charge in [0.1, 0.15) is 5.76 Å². The van der Waals surface area contributed by atoms with Crippen molar-refractivity contribution in [2.75, 3.05) is 18.1 Å². The number of aromatic nitrogens is 1. The minimum atomic E-state index is 0.718. The van der Waals surface area contributed by atoms with Gasteiger partial charge in [-0.15, -0.1) is 0 Å². The van der Waals surface area contributed by atoms with E-state index in [0.29, 0.717) is 0 Å². The summed E-state index contributed by atoms with van der Waals surface area (Å²) in [6.45, 7) is 0.718. The van der Waals surface area contributed by atoms with Crippen LogP contribution >= 0.6 is 11.8 Å². The third-order valence-corrected chi connectivity index (χ3v) is 4.08. The Morgan fingerprint density at radius 1 is 1.44 bits per heavy atom. The van der Waals surface area contributed by atoms with E-state index in [0.717, 1.165) is 43.4 Å². The predicted molar refractivity (Wildman–Crippen MR) is 67.6 cm³/mol. The number of nitrogens with zero attached hydrogens (tertiary/aromatic N) is 1. The largest absolute Gasteiger partial charge is 0.446 e. The minimum absolute atomic E-state index is 0.718. The zero-order valence-corrected chi connectivity index (χ0v) is 10.5. The van der Waals surface area contributed by atoms with E-state index in [-0.39, 0.29) is 0 Å². The molecule has 2 N–H and O–H groups in total. The highest BCUT2D eigenvalue weighted by Gasteiger charge is 2.16. The van der Waals surface area contributed by atoms with E-state index < -0.39 is 0 Å². The highest BCUT2D eigenvalue weighted by atomic mass is 32.2. The first-order valence-corrected chi connectivity index (χ1v) is 7.25. The van der Waals surface area contributed by atoms with Gasteiger partial charge in [0.05, 0.1) is 6.20 Å². The molecule has 0 aliphatic carbocycles. The van der Waals surface area contributed by atoms with Crippen LogP contribution in [0.1, 0.15) is 30.9 Å². The molecule has 90 valence electrons. The summed E-state index contributed by atoms with van der Waals surface area (Å²) in [6, 6.07) is 0. The summed E-state index contributed by atoms with van der Waals surface area (Å²) in [7, 11) is 0. The van der Waals surface area contributed by atoms with E-state index in [4.69, 9.17) is 10.2 Å². The molecule has 0 amide bonds. The van der Waals surface area contributed by atoms with Crippen molar-refractivity contribution < 1.29 is 4.42 Å². The third kappa shape index (κ3) is 3.52. The first kappa shape index (κ1) is 12.0. The molecule has 0 unspecified atom stereocenters. The van der Waals surface area contributed by atoms with Crippen LogP contribution in [0.4, 0.5) is 0 Å². The summed E-state index contributed by atoms with van der Waals surface area (Å²) >= 11 is 2.06. The van der Waals surface area contributed by atoms with Gasteiger partial charge >= 0.3 is 0 Å². The van der Waals surface area contributed by atoms with Crippen LogP contribution in [0, 0.1) is 5.92 Å². The van der Waals surface area contributed by atoms with Gasteiger partial charge in [0, 0.05) is 12.8 Å². The fourth-order valence-corrected chi connectivity index (χ4v) is 3.24. The SMILES string of the molecule is NCCCc1cnc(CC2CCSCC2)o1. The van der Waals surface area contributed by atoms with E-state index in [9.17, 15) is 0 Å². The Hall–Kier alpha value is -0.480. The maximum atomic E-state index is 5.71. The Morgan fingerprint density at radius 2 is 2.25 bits per heavy atom. The van der Waals surface area contributed by atoms with Crippen LogP contribution in [0.25, 0.3) is 0 Å². The van der Waals surface area contributed by atoms with Gasteiger partial charge in [-0.25, -0.2) is 4.98 Å². The number of aryl methyl sites for hydroxylation is 1. The van der Waals surface area contributed by atoms with Crippen LogP contribution < -0.4 is 5.73 Å². The van der Waals surface area contributed by atoms with Crippen LogP contribution in [0.5, 0.6) is 0 Å².